The minimum Gasteiger partial charge on any atom is -0.450 e. The Bertz CT molecular complexity index is 1240. The second-order valence-electron chi connectivity index (χ2n) is 8.10. The maximum atomic E-state index is 13.1. The number of nitrogens with one attached hydrogen (secondary N) is 1. The summed E-state index contributed by atoms with van der Waals surface area (Å²) in [4.78, 5) is 14.8. The molecule has 2 heterocycles. The van der Waals surface area contributed by atoms with Gasteiger partial charge in [-0.25, -0.2) is 17.5 Å². The first-order chi connectivity index (χ1) is 14.7. The predicted octanol–water partition coefficient (Wildman–Crippen LogP) is 4.08. The Morgan fingerprint density at radius 3 is 2.26 bits per heavy atom. The van der Waals surface area contributed by atoms with Gasteiger partial charge in [0.15, 0.2) is 5.76 Å². The van der Waals surface area contributed by atoms with E-state index in [1.165, 1.54) is 12.1 Å². The van der Waals surface area contributed by atoms with Crippen LogP contribution in [-0.2, 0) is 10.0 Å². The van der Waals surface area contributed by atoms with Gasteiger partial charge in [0.25, 0.3) is 5.91 Å². The van der Waals surface area contributed by atoms with E-state index in [4.69, 9.17) is 4.42 Å². The molecule has 1 N–H and O–H groups in total. The van der Waals surface area contributed by atoms with Gasteiger partial charge in [0, 0.05) is 30.1 Å². The number of fused-ring (bicyclic) bond motifs is 1. The third kappa shape index (κ3) is 4.09. The minimum atomic E-state index is -3.74. The van der Waals surface area contributed by atoms with Gasteiger partial charge >= 0.3 is 0 Å². The number of piperidine rings is 1. The van der Waals surface area contributed by atoms with Gasteiger partial charge in [0.05, 0.1) is 4.90 Å². The highest BCUT2D eigenvalue weighted by Gasteiger charge is 2.30. The topological polar surface area (TPSA) is 79.6 Å². The maximum absolute atomic E-state index is 13.1. The number of sulfonamides is 1. The van der Waals surface area contributed by atoms with Gasteiger partial charge in [0.2, 0.25) is 10.0 Å². The van der Waals surface area contributed by atoms with Crippen molar-refractivity contribution in [1.29, 1.82) is 0 Å². The number of halogens is 1. The van der Waals surface area contributed by atoms with E-state index in [9.17, 15) is 17.6 Å². The van der Waals surface area contributed by atoms with Crippen LogP contribution >= 0.6 is 0 Å². The molecule has 1 saturated heterocycles. The molecule has 1 fully saturated rings. The van der Waals surface area contributed by atoms with Crippen LogP contribution in [0.15, 0.2) is 45.7 Å². The molecular formula is C23H25FN2O4S. The second-order valence-corrected chi connectivity index (χ2v) is 9.82. The highest BCUT2D eigenvalue weighted by Crippen LogP contribution is 2.31. The number of nitrogens with zero attached hydrogens (tertiary/aromatic N) is 1. The molecule has 1 aromatic heterocycles. The van der Waals surface area contributed by atoms with Gasteiger partial charge in [-0.15, -0.1) is 0 Å². The Kier molecular flexibility index (Phi) is 5.61. The average molecular weight is 445 g/mol. The van der Waals surface area contributed by atoms with Crippen LogP contribution in [0.2, 0.25) is 0 Å². The third-order valence-corrected chi connectivity index (χ3v) is 7.44. The summed E-state index contributed by atoms with van der Waals surface area (Å²) in [6, 6.07) is 8.43. The van der Waals surface area contributed by atoms with Gasteiger partial charge in [-0.1, -0.05) is 12.1 Å². The van der Waals surface area contributed by atoms with Crippen LogP contribution in [-0.4, -0.2) is 38.4 Å². The van der Waals surface area contributed by atoms with Crippen molar-refractivity contribution in [2.24, 2.45) is 0 Å². The Hall–Kier alpha value is -2.71. The highest BCUT2D eigenvalue weighted by atomic mass is 32.2. The van der Waals surface area contributed by atoms with E-state index in [0.29, 0.717) is 31.7 Å². The number of hydrogen-bond acceptors (Lipinski definition) is 4. The number of carbonyl (C=O) groups excluding carboxylic acids is 1. The van der Waals surface area contributed by atoms with Crippen LogP contribution in [0, 0.1) is 26.6 Å². The molecule has 4 rings (SSSR count). The van der Waals surface area contributed by atoms with Crippen LogP contribution in [0.1, 0.15) is 40.1 Å². The summed E-state index contributed by atoms with van der Waals surface area (Å²) in [6.45, 7) is 6.69. The zero-order chi connectivity index (χ0) is 22.3. The first-order valence-electron chi connectivity index (χ1n) is 10.2. The molecule has 8 heteroatoms. The summed E-state index contributed by atoms with van der Waals surface area (Å²) in [5.41, 5.74) is 3.62. The molecule has 1 amide bonds. The molecule has 0 radical (unpaired) electrons. The predicted molar refractivity (Wildman–Crippen MR) is 116 cm³/mol. The fourth-order valence-corrected chi connectivity index (χ4v) is 5.43. The normalized spacial score (nSPS) is 15.5. The van der Waals surface area contributed by atoms with Crippen LogP contribution in [0.5, 0.6) is 0 Å². The van der Waals surface area contributed by atoms with Crippen molar-refractivity contribution < 1.29 is 22.0 Å². The van der Waals surface area contributed by atoms with Crippen molar-refractivity contribution in [2.75, 3.05) is 13.1 Å². The molecule has 6 nitrogen and oxygen atoms in total. The molecule has 0 saturated carbocycles. The first-order valence-corrected chi connectivity index (χ1v) is 11.7. The van der Waals surface area contributed by atoms with E-state index in [1.54, 1.807) is 4.90 Å². The minimum absolute atomic E-state index is 0.0241. The zero-order valence-corrected chi connectivity index (χ0v) is 18.6. The number of furan rings is 1. The summed E-state index contributed by atoms with van der Waals surface area (Å²) in [5.74, 6) is -0.317. The summed E-state index contributed by atoms with van der Waals surface area (Å²) in [5, 5.41) is 0.977. The van der Waals surface area contributed by atoms with E-state index < -0.39 is 15.8 Å². The maximum Gasteiger partial charge on any atom is 0.289 e. The van der Waals surface area contributed by atoms with Gasteiger partial charge in [0.1, 0.15) is 11.4 Å². The van der Waals surface area contributed by atoms with E-state index in [1.807, 2.05) is 32.9 Å². The smallest absolute Gasteiger partial charge is 0.289 e. The lowest BCUT2D eigenvalue weighted by atomic mass is 10.0. The lowest BCUT2D eigenvalue weighted by molar-refractivity contribution is 0.0680. The lowest BCUT2D eigenvalue weighted by Gasteiger charge is -2.31. The molecular weight excluding hydrogens is 419 g/mol. The monoisotopic (exact) mass is 444 g/mol. The number of rotatable bonds is 4. The summed E-state index contributed by atoms with van der Waals surface area (Å²) < 4.78 is 46.8. The largest absolute Gasteiger partial charge is 0.450 e. The van der Waals surface area contributed by atoms with Crippen molar-refractivity contribution in [1.82, 2.24) is 9.62 Å². The molecule has 164 valence electrons. The average Bonchev–Trinajstić information content (AvgIpc) is 3.09. The van der Waals surface area contributed by atoms with E-state index in [2.05, 4.69) is 4.72 Å². The number of aryl methyl sites for hydroxylation is 3. The van der Waals surface area contributed by atoms with Crippen molar-refractivity contribution >= 4 is 26.9 Å². The Balaban J connectivity index is 1.45. The molecule has 0 spiro atoms. The SMILES string of the molecule is Cc1ccc(C)c2c(C)c(C(=O)N3CCC(NS(=O)(=O)c4ccc(F)cc4)CC3)oc12. The van der Waals surface area contributed by atoms with Crippen LogP contribution in [0.25, 0.3) is 11.0 Å². The molecule has 2 aromatic carbocycles. The molecule has 3 aromatic rings. The standard InChI is InChI=1S/C23H25FN2O4S/c1-14-4-5-15(2)21-20(14)16(3)22(30-21)23(27)26-12-10-18(11-13-26)25-31(28,29)19-8-6-17(24)7-9-19/h4-9,18,25H,10-13H2,1-3H3. The van der Waals surface area contributed by atoms with Crippen molar-refractivity contribution in [3.05, 3.63) is 64.7 Å². The Labute approximate surface area is 181 Å². The molecule has 0 atom stereocenters. The third-order valence-electron chi connectivity index (χ3n) is 5.90. The number of hydrogen-bond donors (Lipinski definition) is 1. The molecule has 31 heavy (non-hydrogen) atoms. The fourth-order valence-electron chi connectivity index (χ4n) is 4.12. The number of carbonyl (C=O) groups is 1. The molecule has 0 aliphatic carbocycles. The van der Waals surface area contributed by atoms with E-state index in [-0.39, 0.29) is 16.8 Å². The molecule has 0 unspecified atom stereocenters. The second kappa shape index (κ2) is 8.09. The Morgan fingerprint density at radius 2 is 1.65 bits per heavy atom. The number of benzene rings is 2. The first kappa shape index (κ1) is 21.5. The van der Waals surface area contributed by atoms with Crippen LogP contribution in [0.3, 0.4) is 0 Å². The van der Waals surface area contributed by atoms with Gasteiger partial charge < -0.3 is 9.32 Å². The summed E-state index contributed by atoms with van der Waals surface area (Å²) >= 11 is 0. The fraction of sp³-hybridized carbons (Fsp3) is 0.348. The number of amides is 1. The molecule has 0 bridgehead atoms. The van der Waals surface area contributed by atoms with E-state index in [0.717, 1.165) is 39.8 Å². The van der Waals surface area contributed by atoms with Crippen LogP contribution in [0.4, 0.5) is 4.39 Å². The summed E-state index contributed by atoms with van der Waals surface area (Å²) in [6.07, 6.45) is 0.979. The van der Waals surface area contributed by atoms with Gasteiger partial charge in [-0.05, 0) is 69.0 Å². The van der Waals surface area contributed by atoms with Gasteiger partial charge in [-0.2, -0.15) is 0 Å². The van der Waals surface area contributed by atoms with Crippen LogP contribution < -0.4 is 4.72 Å². The number of likely N-dealkylation sites (tertiary alicyclic amines) is 1. The molecule has 1 aliphatic heterocycles. The zero-order valence-electron chi connectivity index (χ0n) is 17.7. The lowest BCUT2D eigenvalue weighted by Crippen LogP contribution is -2.46. The van der Waals surface area contributed by atoms with Crippen molar-refractivity contribution in [3.63, 3.8) is 0 Å². The van der Waals surface area contributed by atoms with E-state index >= 15 is 0 Å². The summed E-state index contributed by atoms with van der Waals surface area (Å²) in [7, 11) is -3.74. The quantitative estimate of drug-likeness (QED) is 0.658. The Morgan fingerprint density at radius 1 is 1.03 bits per heavy atom. The van der Waals surface area contributed by atoms with Crippen molar-refractivity contribution in [3.8, 4) is 0 Å². The highest BCUT2D eigenvalue weighted by molar-refractivity contribution is 7.89. The molecule has 1 aliphatic rings. The van der Waals surface area contributed by atoms with Gasteiger partial charge in [-0.3, -0.25) is 4.79 Å². The van der Waals surface area contributed by atoms with Crippen molar-refractivity contribution in [2.45, 2.75) is 44.6 Å².